The predicted molar refractivity (Wildman–Crippen MR) is 102 cm³/mol. The summed E-state index contributed by atoms with van der Waals surface area (Å²) < 4.78 is 1.76. The van der Waals surface area contributed by atoms with Gasteiger partial charge in [0.05, 0.1) is 17.0 Å². The number of hydrogen-bond acceptors (Lipinski definition) is 4. The lowest BCUT2D eigenvalue weighted by Gasteiger charge is -2.07. The molecule has 26 heavy (non-hydrogen) atoms. The van der Waals surface area contributed by atoms with E-state index in [9.17, 15) is 9.59 Å². The Labute approximate surface area is 158 Å². The fraction of sp³-hybridized carbons (Fsp3) is 0.526. The lowest BCUT2D eigenvalue weighted by Crippen LogP contribution is -2.42. The highest BCUT2D eigenvalue weighted by molar-refractivity contribution is 7.14. The molecule has 0 bridgehead atoms. The van der Waals surface area contributed by atoms with Gasteiger partial charge in [0.25, 0.3) is 5.91 Å². The first-order valence-corrected chi connectivity index (χ1v) is 9.97. The molecule has 1 aliphatic rings. The number of hydrazine groups is 1. The van der Waals surface area contributed by atoms with Crippen molar-refractivity contribution < 1.29 is 9.59 Å². The minimum Gasteiger partial charge on any atom is -0.273 e. The molecule has 1 aliphatic carbocycles. The summed E-state index contributed by atoms with van der Waals surface area (Å²) in [5.74, 6) is -0.484. The van der Waals surface area contributed by atoms with Crippen LogP contribution in [0.3, 0.4) is 0 Å². The van der Waals surface area contributed by atoms with Crippen molar-refractivity contribution in [1.82, 2.24) is 20.6 Å². The lowest BCUT2D eigenvalue weighted by molar-refractivity contribution is -0.121. The highest BCUT2D eigenvalue weighted by Gasteiger charge is 2.17. The molecule has 0 fully saturated rings. The summed E-state index contributed by atoms with van der Waals surface area (Å²) in [5.41, 5.74) is 9.08. The van der Waals surface area contributed by atoms with E-state index in [0.29, 0.717) is 4.88 Å². The van der Waals surface area contributed by atoms with E-state index in [2.05, 4.69) is 16.0 Å². The summed E-state index contributed by atoms with van der Waals surface area (Å²) in [7, 11) is 1.86. The van der Waals surface area contributed by atoms with E-state index in [1.807, 2.05) is 27.0 Å². The van der Waals surface area contributed by atoms with Crippen LogP contribution in [0.4, 0.5) is 0 Å². The number of thiophene rings is 1. The zero-order valence-corrected chi connectivity index (χ0v) is 16.5. The number of rotatable bonds is 3. The minimum absolute atomic E-state index is 0.201. The van der Waals surface area contributed by atoms with Crippen molar-refractivity contribution in [2.75, 3.05) is 0 Å². The van der Waals surface area contributed by atoms with Gasteiger partial charge in [-0.25, -0.2) is 0 Å². The van der Waals surface area contributed by atoms with Crippen LogP contribution in [0.25, 0.3) is 0 Å². The Bertz CT molecular complexity index is 796. The molecule has 0 saturated heterocycles. The first-order chi connectivity index (χ1) is 12.5. The van der Waals surface area contributed by atoms with E-state index in [1.165, 1.54) is 36.1 Å². The maximum absolute atomic E-state index is 12.4. The maximum Gasteiger partial charge on any atom is 0.279 e. The topological polar surface area (TPSA) is 76.0 Å². The Kier molecular flexibility index (Phi) is 5.76. The zero-order chi connectivity index (χ0) is 18.7. The largest absolute Gasteiger partial charge is 0.279 e. The number of fused-ring (bicyclic) bond motifs is 1. The molecule has 0 aliphatic heterocycles. The van der Waals surface area contributed by atoms with E-state index in [1.54, 1.807) is 16.0 Å². The van der Waals surface area contributed by atoms with E-state index in [-0.39, 0.29) is 18.2 Å². The normalized spacial score (nSPS) is 14.3. The second kappa shape index (κ2) is 8.03. The standard InChI is InChI=1S/C19H26N4O2S/c1-12-15(13(2)23(3)22-12)11-18(24)20-21-19(25)17-10-14-8-6-4-5-7-9-16(14)26-17/h10H,4-9,11H2,1-3H3,(H,20,24)(H,21,25). The van der Waals surface area contributed by atoms with Crippen molar-refractivity contribution >= 4 is 23.2 Å². The second-order valence-electron chi connectivity index (χ2n) is 6.93. The maximum atomic E-state index is 12.4. The summed E-state index contributed by atoms with van der Waals surface area (Å²) >= 11 is 1.55. The molecule has 2 N–H and O–H groups in total. The van der Waals surface area contributed by atoms with Crippen LogP contribution in [-0.4, -0.2) is 21.6 Å². The van der Waals surface area contributed by atoms with Crippen LogP contribution in [0.2, 0.25) is 0 Å². The summed E-state index contributed by atoms with van der Waals surface area (Å²) in [4.78, 5) is 26.6. The molecule has 0 aromatic carbocycles. The Hall–Kier alpha value is -2.15. The monoisotopic (exact) mass is 374 g/mol. The van der Waals surface area contributed by atoms with Gasteiger partial charge in [0, 0.05) is 23.2 Å². The molecule has 0 spiro atoms. The van der Waals surface area contributed by atoms with Crippen LogP contribution in [0.15, 0.2) is 6.07 Å². The van der Waals surface area contributed by atoms with Crippen molar-refractivity contribution in [3.05, 3.63) is 38.3 Å². The molecule has 3 rings (SSSR count). The van der Waals surface area contributed by atoms with E-state index < -0.39 is 0 Å². The number of carbonyl (C=O) groups excluding carboxylic acids is 2. The minimum atomic E-state index is -0.243. The number of carbonyl (C=O) groups is 2. The highest BCUT2D eigenvalue weighted by atomic mass is 32.1. The van der Waals surface area contributed by atoms with Crippen molar-refractivity contribution in [1.29, 1.82) is 0 Å². The van der Waals surface area contributed by atoms with Crippen LogP contribution >= 0.6 is 11.3 Å². The van der Waals surface area contributed by atoms with Gasteiger partial charge in [0.15, 0.2) is 0 Å². The Balaban J connectivity index is 1.58. The Morgan fingerprint density at radius 1 is 1.15 bits per heavy atom. The van der Waals surface area contributed by atoms with Gasteiger partial charge in [-0.3, -0.25) is 25.1 Å². The molecular formula is C19H26N4O2S. The molecular weight excluding hydrogens is 348 g/mol. The molecule has 2 heterocycles. The molecule has 6 nitrogen and oxygen atoms in total. The molecule has 0 atom stereocenters. The van der Waals surface area contributed by atoms with Crippen LogP contribution < -0.4 is 10.9 Å². The first-order valence-electron chi connectivity index (χ1n) is 9.15. The van der Waals surface area contributed by atoms with Gasteiger partial charge in [-0.15, -0.1) is 11.3 Å². The Morgan fingerprint density at radius 3 is 2.58 bits per heavy atom. The van der Waals surface area contributed by atoms with Gasteiger partial charge < -0.3 is 0 Å². The van der Waals surface area contributed by atoms with E-state index in [0.717, 1.165) is 29.8 Å². The van der Waals surface area contributed by atoms with Crippen molar-refractivity contribution in [2.24, 2.45) is 7.05 Å². The van der Waals surface area contributed by atoms with Crippen LogP contribution in [0.1, 0.15) is 62.7 Å². The third kappa shape index (κ3) is 4.15. The highest BCUT2D eigenvalue weighted by Crippen LogP contribution is 2.28. The second-order valence-corrected chi connectivity index (χ2v) is 8.06. The van der Waals surface area contributed by atoms with E-state index in [4.69, 9.17) is 0 Å². The fourth-order valence-corrected chi connectivity index (χ4v) is 4.57. The average Bonchev–Trinajstić information content (AvgIpc) is 3.08. The van der Waals surface area contributed by atoms with Crippen molar-refractivity contribution in [2.45, 2.75) is 58.8 Å². The number of nitrogens with zero attached hydrogens (tertiary/aromatic N) is 2. The summed E-state index contributed by atoms with van der Waals surface area (Å²) in [5, 5.41) is 4.31. The number of amides is 2. The molecule has 2 amide bonds. The fourth-order valence-electron chi connectivity index (χ4n) is 3.42. The summed E-state index contributed by atoms with van der Waals surface area (Å²) in [6, 6.07) is 1.99. The van der Waals surface area contributed by atoms with Crippen molar-refractivity contribution in [3.63, 3.8) is 0 Å². The number of aryl methyl sites for hydroxylation is 4. The Morgan fingerprint density at radius 2 is 1.88 bits per heavy atom. The van der Waals surface area contributed by atoms with Gasteiger partial charge >= 0.3 is 0 Å². The molecule has 140 valence electrons. The van der Waals surface area contributed by atoms with E-state index >= 15 is 0 Å². The SMILES string of the molecule is Cc1nn(C)c(C)c1CC(=O)NNC(=O)c1cc2c(s1)CCCCCC2. The van der Waals surface area contributed by atoms with Crippen LogP contribution in [0, 0.1) is 13.8 Å². The lowest BCUT2D eigenvalue weighted by atomic mass is 10.00. The quantitative estimate of drug-likeness (QED) is 0.811. The molecule has 2 aromatic heterocycles. The third-order valence-electron chi connectivity index (χ3n) is 5.03. The van der Waals surface area contributed by atoms with Gasteiger partial charge in [-0.05, 0) is 51.2 Å². The number of hydrogen-bond donors (Lipinski definition) is 2. The van der Waals surface area contributed by atoms with Crippen LogP contribution in [-0.2, 0) is 31.1 Å². The molecule has 0 radical (unpaired) electrons. The van der Waals surface area contributed by atoms with Gasteiger partial charge in [-0.1, -0.05) is 12.8 Å². The average molecular weight is 375 g/mol. The molecule has 2 aromatic rings. The predicted octanol–water partition coefficient (Wildman–Crippen LogP) is 2.76. The molecule has 0 saturated carbocycles. The van der Waals surface area contributed by atoms with Crippen LogP contribution in [0.5, 0.6) is 0 Å². The third-order valence-corrected chi connectivity index (χ3v) is 6.27. The zero-order valence-electron chi connectivity index (χ0n) is 15.6. The smallest absolute Gasteiger partial charge is 0.273 e. The number of aromatic nitrogens is 2. The molecule has 7 heteroatoms. The summed E-state index contributed by atoms with van der Waals surface area (Å²) in [6.07, 6.45) is 7.21. The van der Waals surface area contributed by atoms with Gasteiger partial charge in [0.2, 0.25) is 5.91 Å². The molecule has 0 unspecified atom stereocenters. The summed E-state index contributed by atoms with van der Waals surface area (Å²) in [6.45, 7) is 3.82. The van der Waals surface area contributed by atoms with Crippen molar-refractivity contribution in [3.8, 4) is 0 Å². The first kappa shape index (κ1) is 18.6. The van der Waals surface area contributed by atoms with Gasteiger partial charge in [-0.2, -0.15) is 5.10 Å². The number of nitrogens with one attached hydrogen (secondary N) is 2. The van der Waals surface area contributed by atoms with Gasteiger partial charge in [0.1, 0.15) is 0 Å².